The average Bonchev–Trinajstić information content (AvgIpc) is 3.47. The van der Waals surface area contributed by atoms with E-state index in [0.29, 0.717) is 18.3 Å². The fraction of sp³-hybridized carbons (Fsp3) is 0.182. The van der Waals surface area contributed by atoms with Gasteiger partial charge < -0.3 is 5.32 Å². The van der Waals surface area contributed by atoms with Crippen molar-refractivity contribution in [3.63, 3.8) is 0 Å². The zero-order chi connectivity index (χ0) is 20.9. The Morgan fingerprint density at radius 1 is 1.00 bits per heavy atom. The molecule has 1 aromatic carbocycles. The first-order valence-electron chi connectivity index (χ1n) is 10.1. The highest BCUT2D eigenvalue weighted by Crippen LogP contribution is 2.33. The Kier molecular flexibility index (Phi) is 3.82. The van der Waals surface area contributed by atoms with Gasteiger partial charge >= 0.3 is 0 Å². The molecule has 0 spiro atoms. The van der Waals surface area contributed by atoms with Crippen LogP contribution >= 0.6 is 0 Å². The maximum atomic E-state index is 4.94. The minimum absolute atomic E-state index is 0.174. The summed E-state index contributed by atoms with van der Waals surface area (Å²) in [6.45, 7) is 4.79. The summed E-state index contributed by atoms with van der Waals surface area (Å²) in [5.41, 5.74) is 2.61. The molecule has 5 aromatic rings. The van der Waals surface area contributed by atoms with Gasteiger partial charge in [0.15, 0.2) is 17.5 Å². The largest absolute Gasteiger partial charge is 0.361 e. The first-order valence-corrected chi connectivity index (χ1v) is 10.1. The molecule has 6 rings (SSSR count). The van der Waals surface area contributed by atoms with Crippen LogP contribution in [-0.4, -0.2) is 39.3 Å². The lowest BCUT2D eigenvalue weighted by molar-refractivity contribution is 0.749. The number of benzene rings is 1. The summed E-state index contributed by atoms with van der Waals surface area (Å²) in [6.07, 6.45) is 7.14. The van der Waals surface area contributed by atoms with E-state index in [2.05, 4.69) is 51.5 Å². The molecule has 0 fully saturated rings. The Morgan fingerprint density at radius 2 is 1.90 bits per heavy atom. The SMILES string of the molecule is CC(C)c1nc(-n2ccnc2-c2nccc3ccccc23)nc2c1-n1cnnc1CN2. The van der Waals surface area contributed by atoms with Crippen LogP contribution in [0.15, 0.2) is 55.2 Å². The molecule has 1 N–H and O–H groups in total. The van der Waals surface area contributed by atoms with E-state index in [4.69, 9.17) is 9.97 Å². The van der Waals surface area contributed by atoms with E-state index in [1.54, 1.807) is 18.7 Å². The van der Waals surface area contributed by atoms with Gasteiger partial charge in [-0.25, -0.2) is 9.97 Å². The summed E-state index contributed by atoms with van der Waals surface area (Å²) in [7, 11) is 0. The lowest BCUT2D eigenvalue weighted by atomic mass is 10.1. The van der Waals surface area contributed by atoms with Crippen LogP contribution < -0.4 is 5.32 Å². The monoisotopic (exact) mass is 409 g/mol. The minimum Gasteiger partial charge on any atom is -0.361 e. The van der Waals surface area contributed by atoms with Crippen LogP contribution in [-0.2, 0) is 6.54 Å². The van der Waals surface area contributed by atoms with Gasteiger partial charge in [-0.2, -0.15) is 4.98 Å². The van der Waals surface area contributed by atoms with Crippen LogP contribution in [0.25, 0.3) is 33.9 Å². The third-order valence-corrected chi connectivity index (χ3v) is 5.46. The van der Waals surface area contributed by atoms with E-state index in [0.717, 1.165) is 39.5 Å². The molecule has 0 saturated heterocycles. The van der Waals surface area contributed by atoms with Crippen LogP contribution in [0.2, 0.25) is 0 Å². The van der Waals surface area contributed by atoms with E-state index in [9.17, 15) is 0 Å². The molecule has 0 unspecified atom stereocenters. The molecule has 1 aliphatic heterocycles. The van der Waals surface area contributed by atoms with Crippen molar-refractivity contribution in [3.05, 3.63) is 66.8 Å². The topological polar surface area (TPSA) is 99.2 Å². The van der Waals surface area contributed by atoms with Gasteiger partial charge in [0.05, 0.1) is 12.2 Å². The summed E-state index contributed by atoms with van der Waals surface area (Å²) in [5, 5.41) is 13.7. The van der Waals surface area contributed by atoms with Gasteiger partial charge in [-0.05, 0) is 17.4 Å². The van der Waals surface area contributed by atoms with Gasteiger partial charge in [-0.15, -0.1) is 10.2 Å². The highest BCUT2D eigenvalue weighted by molar-refractivity contribution is 5.93. The molecule has 1 aliphatic rings. The molecule has 31 heavy (non-hydrogen) atoms. The van der Waals surface area contributed by atoms with Crippen molar-refractivity contribution in [3.8, 4) is 23.2 Å². The van der Waals surface area contributed by atoms with Crippen molar-refractivity contribution in [1.82, 2.24) is 39.3 Å². The Labute approximate surface area is 177 Å². The molecule has 5 heterocycles. The molecule has 0 saturated carbocycles. The van der Waals surface area contributed by atoms with Crippen molar-refractivity contribution in [1.29, 1.82) is 0 Å². The number of hydrogen-bond donors (Lipinski definition) is 1. The summed E-state index contributed by atoms with van der Waals surface area (Å²) in [5.74, 6) is 3.02. The van der Waals surface area contributed by atoms with Gasteiger partial charge in [-0.1, -0.05) is 38.1 Å². The quantitative estimate of drug-likeness (QED) is 0.487. The van der Waals surface area contributed by atoms with Crippen LogP contribution in [0.3, 0.4) is 0 Å². The number of aromatic nitrogens is 8. The van der Waals surface area contributed by atoms with E-state index >= 15 is 0 Å². The van der Waals surface area contributed by atoms with E-state index in [-0.39, 0.29) is 5.92 Å². The zero-order valence-corrected chi connectivity index (χ0v) is 17.1. The molecule has 0 radical (unpaired) electrons. The first kappa shape index (κ1) is 17.7. The molecule has 4 aromatic heterocycles. The highest BCUT2D eigenvalue weighted by Gasteiger charge is 2.26. The lowest BCUT2D eigenvalue weighted by Crippen LogP contribution is -2.21. The maximum Gasteiger partial charge on any atom is 0.237 e. The number of hydrogen-bond acceptors (Lipinski definition) is 7. The van der Waals surface area contributed by atoms with Crippen molar-refractivity contribution >= 4 is 16.6 Å². The summed E-state index contributed by atoms with van der Waals surface area (Å²) >= 11 is 0. The number of imidazole rings is 1. The van der Waals surface area contributed by atoms with E-state index in [1.807, 2.05) is 33.5 Å². The van der Waals surface area contributed by atoms with Crippen LogP contribution in [0.1, 0.15) is 31.3 Å². The Hall–Kier alpha value is -4.14. The highest BCUT2D eigenvalue weighted by atomic mass is 15.3. The van der Waals surface area contributed by atoms with E-state index in [1.165, 1.54) is 0 Å². The number of nitrogens with one attached hydrogen (secondary N) is 1. The van der Waals surface area contributed by atoms with Gasteiger partial charge in [0.25, 0.3) is 0 Å². The number of rotatable bonds is 3. The molecule has 9 nitrogen and oxygen atoms in total. The van der Waals surface area contributed by atoms with Crippen molar-refractivity contribution in [2.75, 3.05) is 5.32 Å². The van der Waals surface area contributed by atoms with Gasteiger partial charge in [0.1, 0.15) is 17.7 Å². The number of nitrogens with zero attached hydrogens (tertiary/aromatic N) is 8. The number of anilines is 1. The van der Waals surface area contributed by atoms with E-state index < -0.39 is 0 Å². The Morgan fingerprint density at radius 3 is 2.81 bits per heavy atom. The van der Waals surface area contributed by atoms with Crippen LogP contribution in [0, 0.1) is 0 Å². The van der Waals surface area contributed by atoms with Gasteiger partial charge in [0, 0.05) is 24.0 Å². The van der Waals surface area contributed by atoms with Gasteiger partial charge in [-0.3, -0.25) is 14.1 Å². The second-order valence-corrected chi connectivity index (χ2v) is 7.73. The molecule has 0 amide bonds. The Balaban J connectivity index is 1.57. The molecule has 152 valence electrons. The van der Waals surface area contributed by atoms with Crippen molar-refractivity contribution in [2.45, 2.75) is 26.3 Å². The van der Waals surface area contributed by atoms with Crippen LogP contribution in [0.4, 0.5) is 5.82 Å². The first-order chi connectivity index (χ1) is 15.2. The molecule has 0 bridgehead atoms. The molecule has 0 aliphatic carbocycles. The third-order valence-electron chi connectivity index (χ3n) is 5.46. The second kappa shape index (κ2) is 6.69. The molecular weight excluding hydrogens is 390 g/mol. The van der Waals surface area contributed by atoms with Crippen molar-refractivity contribution in [2.24, 2.45) is 0 Å². The molecule has 9 heteroatoms. The fourth-order valence-corrected chi connectivity index (χ4v) is 4.00. The number of pyridine rings is 1. The predicted octanol–water partition coefficient (Wildman–Crippen LogP) is 3.51. The summed E-state index contributed by atoms with van der Waals surface area (Å²) in [4.78, 5) is 19.0. The maximum absolute atomic E-state index is 4.94. The Bertz CT molecular complexity index is 1420. The zero-order valence-electron chi connectivity index (χ0n) is 17.1. The van der Waals surface area contributed by atoms with Crippen molar-refractivity contribution < 1.29 is 0 Å². The molecular formula is C22H19N9. The fourth-order valence-electron chi connectivity index (χ4n) is 4.00. The standard InChI is InChI=1S/C22H19N9/c1-13(2)17-19-20(25-11-16-29-26-12-31(16)19)28-22(27-17)30-10-9-24-21(30)18-15-6-4-3-5-14(15)7-8-23-18/h3-10,12-13H,11H2,1-2H3,(H,25,27,28). The summed E-state index contributed by atoms with van der Waals surface area (Å²) in [6, 6.07) is 10.2. The lowest BCUT2D eigenvalue weighted by Gasteiger charge is -2.23. The number of fused-ring (bicyclic) bond motifs is 4. The van der Waals surface area contributed by atoms with Crippen LogP contribution in [0.5, 0.6) is 0 Å². The second-order valence-electron chi connectivity index (χ2n) is 7.73. The van der Waals surface area contributed by atoms with Gasteiger partial charge in [0.2, 0.25) is 5.95 Å². The smallest absolute Gasteiger partial charge is 0.237 e. The molecule has 0 atom stereocenters. The predicted molar refractivity (Wildman–Crippen MR) is 116 cm³/mol. The summed E-state index contributed by atoms with van der Waals surface area (Å²) < 4.78 is 3.86. The minimum atomic E-state index is 0.174. The average molecular weight is 409 g/mol. The normalized spacial score (nSPS) is 12.6. The third kappa shape index (κ3) is 2.70.